The Kier molecular flexibility index (Phi) is 6.97. The van der Waals surface area contributed by atoms with Crippen molar-refractivity contribution in [3.8, 4) is 11.1 Å². The van der Waals surface area contributed by atoms with Crippen LogP contribution in [0, 0.1) is 13.8 Å². The summed E-state index contributed by atoms with van der Waals surface area (Å²) in [5, 5.41) is 7.94. The highest BCUT2D eigenvalue weighted by Crippen LogP contribution is 2.24. The van der Waals surface area contributed by atoms with Gasteiger partial charge in [0.2, 0.25) is 0 Å². The van der Waals surface area contributed by atoms with Gasteiger partial charge in [0.25, 0.3) is 0 Å². The highest BCUT2D eigenvalue weighted by molar-refractivity contribution is 7.11. The second-order valence-corrected chi connectivity index (χ2v) is 8.90. The summed E-state index contributed by atoms with van der Waals surface area (Å²) in [7, 11) is 1.80. The predicted molar refractivity (Wildman–Crippen MR) is 132 cm³/mol. The summed E-state index contributed by atoms with van der Waals surface area (Å²) in [6.45, 7) is 6.32. The molecule has 0 atom stereocenters. The van der Waals surface area contributed by atoms with E-state index in [1.54, 1.807) is 24.6 Å². The lowest BCUT2D eigenvalue weighted by molar-refractivity contribution is 0.797. The lowest BCUT2D eigenvalue weighted by Crippen LogP contribution is -2.36. The normalized spacial score (nSPS) is 11.5. The number of rotatable bonds is 7. The zero-order chi connectivity index (χ0) is 22.3. The third kappa shape index (κ3) is 5.42. The van der Waals surface area contributed by atoms with Crippen LogP contribution >= 0.6 is 11.3 Å². The van der Waals surface area contributed by atoms with Crippen molar-refractivity contribution >= 4 is 17.3 Å². The smallest absolute Gasteiger partial charge is 0.191 e. The van der Waals surface area contributed by atoms with Crippen molar-refractivity contribution in [1.29, 1.82) is 0 Å². The van der Waals surface area contributed by atoms with Crippen molar-refractivity contribution < 1.29 is 0 Å². The van der Waals surface area contributed by atoms with E-state index in [0.29, 0.717) is 6.54 Å². The molecule has 0 aliphatic heterocycles. The fourth-order valence-electron chi connectivity index (χ4n) is 3.64. The number of hydrogen-bond donors (Lipinski definition) is 2. The van der Waals surface area contributed by atoms with Gasteiger partial charge in [-0.2, -0.15) is 0 Å². The van der Waals surface area contributed by atoms with Gasteiger partial charge in [-0.15, -0.1) is 11.3 Å². The van der Waals surface area contributed by atoms with E-state index < -0.39 is 0 Å². The monoisotopic (exact) mass is 444 g/mol. The van der Waals surface area contributed by atoms with Gasteiger partial charge in [-0.25, -0.2) is 9.97 Å². The number of thiazole rings is 1. The summed E-state index contributed by atoms with van der Waals surface area (Å²) in [6, 6.07) is 17.2. The van der Waals surface area contributed by atoms with Gasteiger partial charge >= 0.3 is 0 Å². The largest absolute Gasteiger partial charge is 0.352 e. The van der Waals surface area contributed by atoms with Gasteiger partial charge in [-0.3, -0.25) is 4.99 Å². The first kappa shape index (κ1) is 21.8. The van der Waals surface area contributed by atoms with Crippen LogP contribution in [0.15, 0.2) is 72.2 Å². The van der Waals surface area contributed by atoms with E-state index in [2.05, 4.69) is 78.7 Å². The summed E-state index contributed by atoms with van der Waals surface area (Å²) in [5.41, 5.74) is 5.98. The third-order valence-corrected chi connectivity index (χ3v) is 6.37. The molecule has 4 rings (SSSR count). The molecule has 0 spiro atoms. The average Bonchev–Trinajstić information content (AvgIpc) is 3.43. The van der Waals surface area contributed by atoms with Gasteiger partial charge in [-0.1, -0.05) is 48.5 Å². The molecular weight excluding hydrogens is 416 g/mol. The van der Waals surface area contributed by atoms with E-state index >= 15 is 0 Å². The standard InChI is InChI=1S/C25H28N6S/c1-18-24(32-19(2)30-18)15-29-25(26-3)28-14-22-6-4-5-7-23(22)21-10-8-20(9-11-21)16-31-13-12-27-17-31/h4-13,17H,14-16H2,1-3H3,(H2,26,28,29). The highest BCUT2D eigenvalue weighted by atomic mass is 32.1. The third-order valence-electron chi connectivity index (χ3n) is 5.29. The number of guanidine groups is 1. The Bertz CT molecular complexity index is 1180. The van der Waals surface area contributed by atoms with Crippen molar-refractivity contribution in [3.63, 3.8) is 0 Å². The minimum Gasteiger partial charge on any atom is -0.352 e. The van der Waals surface area contributed by atoms with E-state index in [0.717, 1.165) is 29.8 Å². The number of benzene rings is 2. The van der Waals surface area contributed by atoms with Crippen LogP contribution in [-0.4, -0.2) is 27.5 Å². The van der Waals surface area contributed by atoms with E-state index in [-0.39, 0.29) is 0 Å². The highest BCUT2D eigenvalue weighted by Gasteiger charge is 2.08. The maximum absolute atomic E-state index is 4.49. The summed E-state index contributed by atoms with van der Waals surface area (Å²) < 4.78 is 2.07. The molecule has 2 N–H and O–H groups in total. The van der Waals surface area contributed by atoms with Crippen LogP contribution in [0.3, 0.4) is 0 Å². The molecule has 6 nitrogen and oxygen atoms in total. The van der Waals surface area contributed by atoms with Crippen molar-refractivity contribution in [3.05, 3.63) is 94.0 Å². The molecule has 32 heavy (non-hydrogen) atoms. The second-order valence-electron chi connectivity index (χ2n) is 7.61. The Morgan fingerprint density at radius 1 is 1.03 bits per heavy atom. The first-order valence-electron chi connectivity index (χ1n) is 10.6. The zero-order valence-electron chi connectivity index (χ0n) is 18.7. The molecule has 2 heterocycles. The molecule has 0 saturated heterocycles. The quantitative estimate of drug-likeness (QED) is 0.324. The van der Waals surface area contributed by atoms with Crippen LogP contribution in [0.4, 0.5) is 0 Å². The number of hydrogen-bond acceptors (Lipinski definition) is 4. The summed E-state index contributed by atoms with van der Waals surface area (Å²) in [4.78, 5) is 14.2. The van der Waals surface area contributed by atoms with Crippen molar-refractivity contribution in [2.24, 2.45) is 4.99 Å². The van der Waals surface area contributed by atoms with E-state index in [4.69, 9.17) is 0 Å². The number of aliphatic imine (C=N–C) groups is 1. The molecule has 0 amide bonds. The molecule has 7 heteroatoms. The molecule has 0 aliphatic rings. The first-order chi connectivity index (χ1) is 15.6. The van der Waals surface area contributed by atoms with E-state index in [1.165, 1.54) is 27.1 Å². The molecule has 2 aromatic carbocycles. The topological polar surface area (TPSA) is 67.1 Å². The van der Waals surface area contributed by atoms with Crippen LogP contribution in [-0.2, 0) is 19.6 Å². The molecule has 0 fully saturated rings. The van der Waals surface area contributed by atoms with Gasteiger partial charge < -0.3 is 15.2 Å². The minimum absolute atomic E-state index is 0.688. The molecule has 164 valence electrons. The summed E-state index contributed by atoms with van der Waals surface area (Å²) in [6.07, 6.45) is 5.63. The fraction of sp³-hybridized carbons (Fsp3) is 0.240. The Balaban J connectivity index is 1.41. The van der Waals surface area contributed by atoms with Crippen LogP contribution < -0.4 is 10.6 Å². The van der Waals surface area contributed by atoms with Gasteiger partial charge in [-0.05, 0) is 36.1 Å². The van der Waals surface area contributed by atoms with Crippen molar-refractivity contribution in [1.82, 2.24) is 25.2 Å². The first-order valence-corrected chi connectivity index (χ1v) is 11.4. The Hall–Kier alpha value is -3.45. The Labute approximate surface area is 193 Å². The van der Waals surface area contributed by atoms with Crippen LogP contribution in [0.5, 0.6) is 0 Å². The van der Waals surface area contributed by atoms with Gasteiger partial charge in [0.05, 0.1) is 23.6 Å². The number of aryl methyl sites for hydroxylation is 2. The maximum atomic E-state index is 4.49. The van der Waals surface area contributed by atoms with Gasteiger partial charge in [0, 0.05) is 37.4 Å². The Morgan fingerprint density at radius 3 is 2.50 bits per heavy atom. The lowest BCUT2D eigenvalue weighted by Gasteiger charge is -2.14. The summed E-state index contributed by atoms with van der Waals surface area (Å²) >= 11 is 1.72. The average molecular weight is 445 g/mol. The van der Waals surface area contributed by atoms with Gasteiger partial charge in [0.1, 0.15) is 0 Å². The molecule has 4 aromatic rings. The summed E-state index contributed by atoms with van der Waals surface area (Å²) in [5.74, 6) is 0.779. The number of nitrogens with one attached hydrogen (secondary N) is 2. The maximum Gasteiger partial charge on any atom is 0.191 e. The predicted octanol–water partition coefficient (Wildman–Crippen LogP) is 4.54. The van der Waals surface area contributed by atoms with Crippen LogP contribution in [0.2, 0.25) is 0 Å². The van der Waals surface area contributed by atoms with Crippen LogP contribution in [0.1, 0.15) is 26.7 Å². The van der Waals surface area contributed by atoms with Crippen molar-refractivity contribution in [2.75, 3.05) is 7.05 Å². The molecule has 0 saturated carbocycles. The fourth-order valence-corrected chi connectivity index (χ4v) is 4.51. The Morgan fingerprint density at radius 2 is 1.81 bits per heavy atom. The van der Waals surface area contributed by atoms with Gasteiger partial charge in [0.15, 0.2) is 5.96 Å². The number of imidazole rings is 1. The molecule has 0 radical (unpaired) electrons. The van der Waals surface area contributed by atoms with Crippen molar-refractivity contribution in [2.45, 2.75) is 33.5 Å². The molecule has 0 unspecified atom stereocenters. The minimum atomic E-state index is 0.688. The lowest BCUT2D eigenvalue weighted by atomic mass is 9.98. The van der Waals surface area contributed by atoms with E-state index in [9.17, 15) is 0 Å². The zero-order valence-corrected chi connectivity index (χ0v) is 19.5. The molecule has 0 bridgehead atoms. The number of aromatic nitrogens is 3. The van der Waals surface area contributed by atoms with E-state index in [1.807, 2.05) is 26.4 Å². The molecular formula is C25H28N6S. The molecule has 2 aromatic heterocycles. The number of nitrogens with zero attached hydrogens (tertiary/aromatic N) is 4. The second kappa shape index (κ2) is 10.2. The molecule has 0 aliphatic carbocycles. The SMILES string of the molecule is CN=C(NCc1ccccc1-c1ccc(Cn2ccnc2)cc1)NCc1sc(C)nc1C. The van der Waals surface area contributed by atoms with Crippen LogP contribution in [0.25, 0.3) is 11.1 Å².